The molecule has 0 saturated carbocycles. The number of alkyl halides is 1. The highest BCUT2D eigenvalue weighted by Gasteiger charge is 1.94. The van der Waals surface area contributed by atoms with Gasteiger partial charge in [-0.05, 0) is 19.9 Å². The lowest BCUT2D eigenvalue weighted by Crippen LogP contribution is -2.20. The Bertz CT molecular complexity index is 83.3. The highest BCUT2D eigenvalue weighted by atomic mass is 19.1. The molecule has 0 saturated heterocycles. The van der Waals surface area contributed by atoms with Crippen LogP contribution in [0.15, 0.2) is 12.7 Å². The van der Waals surface area contributed by atoms with Crippen LogP contribution in [0.25, 0.3) is 0 Å². The summed E-state index contributed by atoms with van der Waals surface area (Å²) in [6.45, 7) is 5.24. The largest absolute Gasteiger partial charge is 0.306 e. The summed E-state index contributed by atoms with van der Waals surface area (Å²) in [4.78, 5) is 2.11. The van der Waals surface area contributed by atoms with E-state index in [1.807, 2.05) is 13.1 Å². The van der Waals surface area contributed by atoms with Crippen molar-refractivity contribution in [3.05, 3.63) is 12.7 Å². The Balaban J connectivity index is 3.07. The zero-order valence-corrected chi connectivity index (χ0v) is 6.65. The molecule has 0 bridgehead atoms. The van der Waals surface area contributed by atoms with E-state index in [9.17, 15) is 4.39 Å². The molecular formula is C8H16FN. The number of hydrogen-bond donors (Lipinski definition) is 0. The minimum absolute atomic E-state index is 0.210. The van der Waals surface area contributed by atoms with E-state index in [1.54, 1.807) is 0 Å². The Morgan fingerprint density at radius 1 is 1.50 bits per heavy atom. The molecule has 0 aliphatic heterocycles. The van der Waals surface area contributed by atoms with Crippen LogP contribution in [-0.2, 0) is 0 Å². The Hall–Kier alpha value is -0.370. The van der Waals surface area contributed by atoms with E-state index in [2.05, 4.69) is 11.5 Å². The van der Waals surface area contributed by atoms with Crippen LogP contribution in [-0.4, -0.2) is 31.7 Å². The standard InChI is InChI=1S/C8H16FN/c1-3-4-7-10(2)8-5-6-9/h3H,1,4-8H2,2H3. The summed E-state index contributed by atoms with van der Waals surface area (Å²) >= 11 is 0. The maximum Gasteiger partial charge on any atom is 0.0906 e. The van der Waals surface area contributed by atoms with Gasteiger partial charge in [-0.25, -0.2) is 0 Å². The average molecular weight is 145 g/mol. The highest BCUT2D eigenvalue weighted by Crippen LogP contribution is 1.90. The molecule has 60 valence electrons. The topological polar surface area (TPSA) is 3.24 Å². The lowest BCUT2D eigenvalue weighted by atomic mass is 10.3. The fourth-order valence-electron chi connectivity index (χ4n) is 0.753. The summed E-state index contributed by atoms with van der Waals surface area (Å²) in [5, 5.41) is 0. The van der Waals surface area contributed by atoms with Crippen molar-refractivity contribution in [3.63, 3.8) is 0 Å². The molecule has 0 N–H and O–H groups in total. The third-order valence-electron chi connectivity index (χ3n) is 1.39. The molecule has 0 radical (unpaired) electrons. The smallest absolute Gasteiger partial charge is 0.0906 e. The predicted molar refractivity (Wildman–Crippen MR) is 42.9 cm³/mol. The van der Waals surface area contributed by atoms with E-state index in [0.29, 0.717) is 6.42 Å². The van der Waals surface area contributed by atoms with E-state index in [4.69, 9.17) is 0 Å². The summed E-state index contributed by atoms with van der Waals surface area (Å²) in [6.07, 6.45) is 3.52. The van der Waals surface area contributed by atoms with Crippen LogP contribution in [0.5, 0.6) is 0 Å². The van der Waals surface area contributed by atoms with E-state index < -0.39 is 0 Å². The van der Waals surface area contributed by atoms with E-state index in [0.717, 1.165) is 19.5 Å². The average Bonchev–Trinajstić information content (AvgIpc) is 1.97. The lowest BCUT2D eigenvalue weighted by Gasteiger charge is -2.13. The number of halogens is 1. The van der Waals surface area contributed by atoms with E-state index >= 15 is 0 Å². The van der Waals surface area contributed by atoms with Crippen LogP contribution in [0.4, 0.5) is 4.39 Å². The molecule has 10 heavy (non-hydrogen) atoms. The molecule has 2 heteroatoms. The SMILES string of the molecule is C=CCCN(C)CCCF. The monoisotopic (exact) mass is 145 g/mol. The second-order valence-electron chi connectivity index (χ2n) is 2.42. The van der Waals surface area contributed by atoms with E-state index in [1.165, 1.54) is 0 Å². The molecule has 0 atom stereocenters. The summed E-state index contributed by atoms with van der Waals surface area (Å²) in [5.41, 5.74) is 0. The van der Waals surface area contributed by atoms with Crippen LogP contribution in [0, 0.1) is 0 Å². The van der Waals surface area contributed by atoms with Crippen LogP contribution in [0.1, 0.15) is 12.8 Å². The molecule has 0 aromatic rings. The summed E-state index contributed by atoms with van der Waals surface area (Å²) in [7, 11) is 2.00. The maximum absolute atomic E-state index is 11.6. The predicted octanol–water partition coefficient (Wildman–Crippen LogP) is 1.85. The van der Waals surface area contributed by atoms with Crippen LogP contribution in [0.2, 0.25) is 0 Å². The van der Waals surface area contributed by atoms with Gasteiger partial charge in [0.15, 0.2) is 0 Å². The second-order valence-corrected chi connectivity index (χ2v) is 2.42. The molecule has 0 aromatic carbocycles. The van der Waals surface area contributed by atoms with Gasteiger partial charge in [0.2, 0.25) is 0 Å². The molecule has 0 rings (SSSR count). The quantitative estimate of drug-likeness (QED) is 0.516. The van der Waals surface area contributed by atoms with Crippen molar-refractivity contribution < 1.29 is 4.39 Å². The number of rotatable bonds is 6. The Morgan fingerprint density at radius 3 is 2.70 bits per heavy atom. The molecule has 0 unspecified atom stereocenters. The van der Waals surface area contributed by atoms with Crippen LogP contribution >= 0.6 is 0 Å². The van der Waals surface area contributed by atoms with Crippen molar-refractivity contribution in [1.29, 1.82) is 0 Å². The third-order valence-corrected chi connectivity index (χ3v) is 1.39. The van der Waals surface area contributed by atoms with Crippen molar-refractivity contribution >= 4 is 0 Å². The Morgan fingerprint density at radius 2 is 2.20 bits per heavy atom. The first-order chi connectivity index (χ1) is 4.81. The molecule has 0 spiro atoms. The van der Waals surface area contributed by atoms with Gasteiger partial charge in [0.1, 0.15) is 0 Å². The molecule has 0 aromatic heterocycles. The van der Waals surface area contributed by atoms with Crippen molar-refractivity contribution in [2.75, 3.05) is 26.8 Å². The first-order valence-corrected chi connectivity index (χ1v) is 3.66. The minimum Gasteiger partial charge on any atom is -0.306 e. The number of hydrogen-bond acceptors (Lipinski definition) is 1. The summed E-state index contributed by atoms with van der Waals surface area (Å²) < 4.78 is 11.6. The van der Waals surface area contributed by atoms with Gasteiger partial charge < -0.3 is 4.90 Å². The van der Waals surface area contributed by atoms with Crippen LogP contribution < -0.4 is 0 Å². The maximum atomic E-state index is 11.6. The molecule has 1 nitrogen and oxygen atoms in total. The molecule has 0 amide bonds. The van der Waals surface area contributed by atoms with Gasteiger partial charge >= 0.3 is 0 Å². The molecule has 0 aliphatic rings. The first kappa shape index (κ1) is 9.63. The summed E-state index contributed by atoms with van der Waals surface area (Å²) in [6, 6.07) is 0. The van der Waals surface area contributed by atoms with Gasteiger partial charge in [0.05, 0.1) is 6.67 Å². The van der Waals surface area contributed by atoms with Gasteiger partial charge in [-0.3, -0.25) is 4.39 Å². The second kappa shape index (κ2) is 6.75. The van der Waals surface area contributed by atoms with Gasteiger partial charge in [-0.15, -0.1) is 6.58 Å². The molecule has 0 heterocycles. The molecule has 0 fully saturated rings. The van der Waals surface area contributed by atoms with Gasteiger partial charge in [0, 0.05) is 13.1 Å². The summed E-state index contributed by atoms with van der Waals surface area (Å²) in [5.74, 6) is 0. The zero-order valence-electron chi connectivity index (χ0n) is 6.65. The molecular weight excluding hydrogens is 129 g/mol. The Kier molecular flexibility index (Phi) is 6.50. The minimum atomic E-state index is -0.210. The zero-order chi connectivity index (χ0) is 7.82. The van der Waals surface area contributed by atoms with E-state index in [-0.39, 0.29) is 6.67 Å². The van der Waals surface area contributed by atoms with Crippen molar-refractivity contribution in [2.45, 2.75) is 12.8 Å². The van der Waals surface area contributed by atoms with Gasteiger partial charge in [0.25, 0.3) is 0 Å². The Labute approximate surface area is 62.5 Å². The van der Waals surface area contributed by atoms with Crippen molar-refractivity contribution in [1.82, 2.24) is 4.90 Å². The highest BCUT2D eigenvalue weighted by molar-refractivity contribution is 4.68. The fourth-order valence-corrected chi connectivity index (χ4v) is 0.753. The first-order valence-electron chi connectivity index (χ1n) is 3.66. The molecule has 0 aliphatic carbocycles. The van der Waals surface area contributed by atoms with Gasteiger partial charge in [-0.2, -0.15) is 0 Å². The number of nitrogens with zero attached hydrogens (tertiary/aromatic N) is 1. The third kappa shape index (κ3) is 5.76. The van der Waals surface area contributed by atoms with Gasteiger partial charge in [-0.1, -0.05) is 6.08 Å². The lowest BCUT2D eigenvalue weighted by molar-refractivity contribution is 0.314. The fraction of sp³-hybridized carbons (Fsp3) is 0.750. The van der Waals surface area contributed by atoms with Crippen molar-refractivity contribution in [2.24, 2.45) is 0 Å². The van der Waals surface area contributed by atoms with Crippen LogP contribution in [0.3, 0.4) is 0 Å². The van der Waals surface area contributed by atoms with Crippen molar-refractivity contribution in [3.8, 4) is 0 Å². The normalized spacial score (nSPS) is 10.3.